The number of hydrogen-bond acceptors (Lipinski definition) is 5. The second-order valence-corrected chi connectivity index (χ2v) is 5.37. The van der Waals surface area contributed by atoms with Crippen LogP contribution in [0.4, 0.5) is 10.5 Å². The molecule has 1 fully saturated rings. The number of carbonyl (C=O) groups excluding carboxylic acids is 2. The zero-order chi connectivity index (χ0) is 16.6. The highest BCUT2D eigenvalue weighted by Gasteiger charge is 2.45. The Hall–Kier alpha value is -2.83. The summed E-state index contributed by atoms with van der Waals surface area (Å²) in [6.07, 6.45) is 5.69. The first-order valence-corrected chi connectivity index (χ1v) is 7.35. The summed E-state index contributed by atoms with van der Waals surface area (Å²) in [5.41, 5.74) is 2.24. The molecule has 0 N–H and O–H groups in total. The normalized spacial score (nSPS) is 22.9. The Bertz CT molecular complexity index is 751. The predicted octanol–water partition coefficient (Wildman–Crippen LogP) is 2.00. The molecule has 118 valence electrons. The Balaban J connectivity index is 2.13. The number of rotatable bonds is 2. The van der Waals surface area contributed by atoms with Crippen molar-refractivity contribution in [2.75, 3.05) is 14.1 Å². The van der Waals surface area contributed by atoms with Crippen LogP contribution in [0.5, 0.6) is 0 Å². The first kappa shape index (κ1) is 15.1. The van der Waals surface area contributed by atoms with E-state index in [1.54, 1.807) is 37.8 Å². The summed E-state index contributed by atoms with van der Waals surface area (Å²) in [5.74, 6) is -0.544. The Morgan fingerprint density at radius 3 is 2.52 bits per heavy atom. The van der Waals surface area contributed by atoms with Gasteiger partial charge in [-0.1, -0.05) is 6.92 Å². The number of urea groups is 1. The maximum atomic E-state index is 12.7. The molecule has 0 radical (unpaired) electrons. The largest absolute Gasteiger partial charge is 0.331 e. The molecule has 0 aromatic carbocycles. The standard InChI is InChI=1S/C16H17N5O2/c1-4-10-9-18-14-12(15(22)21(3)16(23)20(14)2)13(10)19-11-5-7-17-8-6-11/h5-9,12H,4H2,1-3H3. The molecule has 0 spiro atoms. The molecule has 1 saturated heterocycles. The number of nitrogens with zero attached hydrogens (tertiary/aromatic N) is 5. The van der Waals surface area contributed by atoms with E-state index >= 15 is 0 Å². The average Bonchev–Trinajstić information content (AvgIpc) is 2.58. The van der Waals surface area contributed by atoms with Crippen LogP contribution in [0.1, 0.15) is 13.3 Å². The van der Waals surface area contributed by atoms with Crippen molar-refractivity contribution in [3.05, 3.63) is 36.3 Å². The van der Waals surface area contributed by atoms with Crippen LogP contribution in [-0.2, 0) is 4.79 Å². The van der Waals surface area contributed by atoms with Gasteiger partial charge in [-0.05, 0) is 24.1 Å². The molecule has 3 amide bonds. The zero-order valence-corrected chi connectivity index (χ0v) is 13.2. The van der Waals surface area contributed by atoms with Crippen molar-refractivity contribution in [2.45, 2.75) is 13.3 Å². The molecule has 0 bridgehead atoms. The van der Waals surface area contributed by atoms with Crippen molar-refractivity contribution in [3.63, 3.8) is 0 Å². The molecule has 3 heterocycles. The molecule has 7 nitrogen and oxygen atoms in total. The van der Waals surface area contributed by atoms with Crippen LogP contribution < -0.4 is 0 Å². The highest BCUT2D eigenvalue weighted by molar-refractivity contribution is 6.33. The maximum Gasteiger partial charge on any atom is 0.331 e. The molecule has 1 aromatic rings. The lowest BCUT2D eigenvalue weighted by Gasteiger charge is -2.37. The van der Waals surface area contributed by atoms with E-state index in [1.807, 2.05) is 6.92 Å². The molecule has 1 atom stereocenters. The van der Waals surface area contributed by atoms with Gasteiger partial charge in [-0.15, -0.1) is 0 Å². The molecule has 1 aromatic heterocycles. The molecule has 0 aliphatic carbocycles. The number of fused-ring (bicyclic) bond motifs is 1. The lowest BCUT2D eigenvalue weighted by molar-refractivity contribution is -0.128. The first-order valence-electron chi connectivity index (χ1n) is 7.35. The van der Waals surface area contributed by atoms with Gasteiger partial charge in [-0.3, -0.25) is 24.6 Å². The number of imide groups is 1. The molecule has 2 aliphatic rings. The Kier molecular flexibility index (Phi) is 3.77. The SMILES string of the molecule is CCC1=CN=C2C(C(=O)N(C)C(=O)N2C)C1=Nc1ccncc1. The van der Waals surface area contributed by atoms with Crippen molar-refractivity contribution >= 4 is 29.2 Å². The predicted molar refractivity (Wildman–Crippen MR) is 86.6 cm³/mol. The molecule has 3 rings (SSSR count). The third-order valence-corrected chi connectivity index (χ3v) is 4.00. The van der Waals surface area contributed by atoms with Gasteiger partial charge in [0.05, 0.1) is 11.4 Å². The molecule has 1 unspecified atom stereocenters. The minimum atomic E-state index is -0.657. The number of amides is 3. The van der Waals surface area contributed by atoms with E-state index in [2.05, 4.69) is 15.0 Å². The molecule has 7 heteroatoms. The van der Waals surface area contributed by atoms with Crippen molar-refractivity contribution in [1.29, 1.82) is 0 Å². The van der Waals surface area contributed by atoms with Crippen molar-refractivity contribution in [3.8, 4) is 0 Å². The average molecular weight is 311 g/mol. The highest BCUT2D eigenvalue weighted by atomic mass is 16.2. The number of allylic oxidation sites excluding steroid dienone is 1. The summed E-state index contributed by atoms with van der Waals surface area (Å²) >= 11 is 0. The minimum Gasteiger partial charge on any atom is -0.284 e. The van der Waals surface area contributed by atoms with Gasteiger partial charge in [0.15, 0.2) is 0 Å². The first-order chi connectivity index (χ1) is 11.0. The summed E-state index contributed by atoms with van der Waals surface area (Å²) in [5, 5.41) is 0. The summed E-state index contributed by atoms with van der Waals surface area (Å²) in [6.45, 7) is 1.99. The van der Waals surface area contributed by atoms with Crippen molar-refractivity contribution < 1.29 is 9.59 Å². The highest BCUT2D eigenvalue weighted by Crippen LogP contribution is 2.28. The van der Waals surface area contributed by atoms with Crippen LogP contribution in [0.3, 0.4) is 0 Å². The third kappa shape index (κ3) is 2.44. The van der Waals surface area contributed by atoms with Crippen LogP contribution in [0.2, 0.25) is 0 Å². The van der Waals surface area contributed by atoms with E-state index in [0.29, 0.717) is 23.7 Å². The fourth-order valence-electron chi connectivity index (χ4n) is 2.68. The Morgan fingerprint density at radius 2 is 1.87 bits per heavy atom. The molecule has 2 aliphatic heterocycles. The van der Waals surface area contributed by atoms with Gasteiger partial charge in [-0.25, -0.2) is 9.79 Å². The zero-order valence-electron chi connectivity index (χ0n) is 13.2. The number of carbonyl (C=O) groups is 2. The lowest BCUT2D eigenvalue weighted by Crippen LogP contribution is -2.59. The van der Waals surface area contributed by atoms with E-state index in [0.717, 1.165) is 10.5 Å². The fourth-order valence-corrected chi connectivity index (χ4v) is 2.68. The number of pyridine rings is 1. The summed E-state index contributed by atoms with van der Waals surface area (Å²) in [4.78, 5) is 40.2. The second kappa shape index (κ2) is 5.75. The van der Waals surface area contributed by atoms with E-state index in [9.17, 15) is 9.59 Å². The van der Waals surface area contributed by atoms with Crippen molar-refractivity contribution in [1.82, 2.24) is 14.8 Å². The quantitative estimate of drug-likeness (QED) is 0.838. The van der Waals surface area contributed by atoms with E-state index < -0.39 is 5.92 Å². The monoisotopic (exact) mass is 311 g/mol. The van der Waals surface area contributed by atoms with Crippen LogP contribution in [-0.4, -0.2) is 52.4 Å². The van der Waals surface area contributed by atoms with Crippen molar-refractivity contribution in [2.24, 2.45) is 15.9 Å². The van der Waals surface area contributed by atoms with Gasteiger partial charge in [0.2, 0.25) is 5.91 Å². The van der Waals surface area contributed by atoms with Gasteiger partial charge in [0.1, 0.15) is 11.8 Å². The Morgan fingerprint density at radius 1 is 1.17 bits per heavy atom. The molecule has 23 heavy (non-hydrogen) atoms. The van der Waals surface area contributed by atoms with Crippen LogP contribution in [0.15, 0.2) is 46.3 Å². The minimum absolute atomic E-state index is 0.307. The summed E-state index contributed by atoms with van der Waals surface area (Å²) < 4.78 is 0. The van der Waals surface area contributed by atoms with Gasteiger partial charge >= 0.3 is 6.03 Å². The topological polar surface area (TPSA) is 78.2 Å². The maximum absolute atomic E-state index is 12.7. The fraction of sp³-hybridized carbons (Fsp3) is 0.312. The smallest absolute Gasteiger partial charge is 0.284 e. The lowest BCUT2D eigenvalue weighted by atomic mass is 9.89. The van der Waals surface area contributed by atoms with Crippen LogP contribution in [0.25, 0.3) is 0 Å². The van der Waals surface area contributed by atoms with Crippen LogP contribution >= 0.6 is 0 Å². The number of aromatic nitrogens is 1. The molecular weight excluding hydrogens is 294 g/mol. The van der Waals surface area contributed by atoms with E-state index in [1.165, 1.54) is 11.9 Å². The summed E-state index contributed by atoms with van der Waals surface area (Å²) in [7, 11) is 3.10. The van der Waals surface area contributed by atoms with Gasteiger partial charge in [0, 0.05) is 32.7 Å². The van der Waals surface area contributed by atoms with Gasteiger partial charge in [-0.2, -0.15) is 0 Å². The number of amidine groups is 1. The summed E-state index contributed by atoms with van der Waals surface area (Å²) in [6, 6.07) is 3.16. The second-order valence-electron chi connectivity index (χ2n) is 5.37. The molecular formula is C16H17N5O2. The van der Waals surface area contributed by atoms with E-state index in [-0.39, 0.29) is 11.9 Å². The van der Waals surface area contributed by atoms with Crippen LogP contribution in [0, 0.1) is 5.92 Å². The van der Waals surface area contributed by atoms with Gasteiger partial charge < -0.3 is 0 Å². The third-order valence-electron chi connectivity index (χ3n) is 4.00. The number of aliphatic imine (C=N–C) groups is 2. The Labute approximate surface area is 134 Å². The number of hydrogen-bond donors (Lipinski definition) is 0. The molecule has 0 saturated carbocycles. The van der Waals surface area contributed by atoms with Gasteiger partial charge in [0.25, 0.3) is 0 Å². The van der Waals surface area contributed by atoms with E-state index in [4.69, 9.17) is 0 Å².